The monoisotopic (exact) mass is 356 g/mol. The molecule has 0 aromatic rings. The molecule has 140 valence electrons. The van der Waals surface area contributed by atoms with Crippen LogP contribution in [0.5, 0.6) is 0 Å². The van der Waals surface area contributed by atoms with Crippen LogP contribution in [-0.2, 0) is 33.4 Å². The van der Waals surface area contributed by atoms with Crippen molar-refractivity contribution in [3.8, 4) is 0 Å². The van der Waals surface area contributed by atoms with Crippen molar-refractivity contribution >= 4 is 24.0 Å². The van der Waals surface area contributed by atoms with Gasteiger partial charge in [0.25, 0.3) is 11.8 Å². The van der Waals surface area contributed by atoms with Crippen molar-refractivity contribution < 1.29 is 33.4 Å². The van der Waals surface area contributed by atoms with Crippen LogP contribution in [0.4, 0.5) is 0 Å². The van der Waals surface area contributed by atoms with Crippen molar-refractivity contribution in [1.82, 2.24) is 10.2 Å². The van der Waals surface area contributed by atoms with E-state index in [1.165, 1.54) is 12.2 Å². The van der Waals surface area contributed by atoms with Gasteiger partial charge in [0, 0.05) is 38.1 Å². The van der Waals surface area contributed by atoms with E-state index < -0.39 is 11.8 Å². The van der Waals surface area contributed by atoms with Crippen LogP contribution in [0.3, 0.4) is 0 Å². The Morgan fingerprint density at radius 1 is 0.960 bits per heavy atom. The van der Waals surface area contributed by atoms with Gasteiger partial charge in [-0.25, -0.2) is 0 Å². The fraction of sp³-hybridized carbons (Fsp3) is 0.625. The van der Waals surface area contributed by atoms with Crippen LogP contribution < -0.4 is 5.32 Å². The van der Waals surface area contributed by atoms with Gasteiger partial charge in [0.15, 0.2) is 0 Å². The lowest BCUT2D eigenvalue weighted by Crippen LogP contribution is -2.35. The Morgan fingerprint density at radius 2 is 1.52 bits per heavy atom. The predicted octanol–water partition coefficient (Wildman–Crippen LogP) is -0.943. The first-order valence-corrected chi connectivity index (χ1v) is 8.12. The van der Waals surface area contributed by atoms with Gasteiger partial charge in [0.05, 0.1) is 39.6 Å². The second kappa shape index (κ2) is 13.2. The summed E-state index contributed by atoms with van der Waals surface area (Å²) in [6.45, 7) is 2.83. The first-order chi connectivity index (χ1) is 12.1. The van der Waals surface area contributed by atoms with Crippen LogP contribution in [0.15, 0.2) is 12.2 Å². The Kier molecular flexibility index (Phi) is 11.1. The van der Waals surface area contributed by atoms with Gasteiger partial charge >= 0.3 is 0 Å². The topological polar surface area (TPSA) is 111 Å². The summed E-state index contributed by atoms with van der Waals surface area (Å²) in [7, 11) is 0. The van der Waals surface area contributed by atoms with Crippen molar-refractivity contribution in [1.29, 1.82) is 0 Å². The molecular weight excluding hydrogens is 332 g/mol. The van der Waals surface area contributed by atoms with Gasteiger partial charge in [-0.2, -0.15) is 0 Å². The van der Waals surface area contributed by atoms with E-state index >= 15 is 0 Å². The summed E-state index contributed by atoms with van der Waals surface area (Å²) in [5.41, 5.74) is 0. The Morgan fingerprint density at radius 3 is 2.12 bits per heavy atom. The number of ether oxygens (including phenoxy) is 3. The third-order valence-electron chi connectivity index (χ3n) is 3.16. The summed E-state index contributed by atoms with van der Waals surface area (Å²) in [6.07, 6.45) is 3.62. The van der Waals surface area contributed by atoms with Crippen molar-refractivity contribution in [3.05, 3.63) is 12.2 Å². The van der Waals surface area contributed by atoms with Gasteiger partial charge in [0.2, 0.25) is 5.91 Å². The van der Waals surface area contributed by atoms with Gasteiger partial charge in [-0.3, -0.25) is 19.3 Å². The lowest BCUT2D eigenvalue weighted by molar-refractivity contribution is -0.137. The first kappa shape index (κ1) is 20.9. The molecule has 9 heteroatoms. The number of aldehydes is 1. The maximum Gasteiger partial charge on any atom is 0.253 e. The molecule has 0 radical (unpaired) electrons. The molecule has 1 aliphatic rings. The summed E-state index contributed by atoms with van der Waals surface area (Å²) >= 11 is 0. The molecule has 0 atom stereocenters. The summed E-state index contributed by atoms with van der Waals surface area (Å²) in [6, 6.07) is 0. The third-order valence-corrected chi connectivity index (χ3v) is 3.16. The molecule has 3 amide bonds. The van der Waals surface area contributed by atoms with Crippen molar-refractivity contribution in [2.24, 2.45) is 0 Å². The number of imide groups is 1. The summed E-state index contributed by atoms with van der Waals surface area (Å²) in [5.74, 6) is -1.04. The number of nitrogens with one attached hydrogen (secondary N) is 1. The summed E-state index contributed by atoms with van der Waals surface area (Å²) in [5, 5.41) is 2.64. The smallest absolute Gasteiger partial charge is 0.253 e. The molecule has 9 nitrogen and oxygen atoms in total. The van der Waals surface area contributed by atoms with Gasteiger partial charge in [-0.15, -0.1) is 0 Å². The van der Waals surface area contributed by atoms with Crippen molar-refractivity contribution in [2.75, 3.05) is 52.7 Å². The quantitative estimate of drug-likeness (QED) is 0.229. The fourth-order valence-corrected chi connectivity index (χ4v) is 1.89. The molecule has 1 heterocycles. The predicted molar refractivity (Wildman–Crippen MR) is 86.6 cm³/mol. The molecular formula is C16H24N2O7. The zero-order valence-corrected chi connectivity index (χ0v) is 14.1. The molecule has 0 spiro atoms. The highest BCUT2D eigenvalue weighted by atomic mass is 16.5. The van der Waals surface area contributed by atoms with Crippen LogP contribution in [0.2, 0.25) is 0 Å². The standard InChI is InChI=1S/C16H24N2O7/c19-7-1-8-23-10-12-25-13-11-24-9-5-17-14(20)4-6-18-15(21)2-3-16(18)22/h2-3,7H,1,4-6,8-13H2,(H,17,20). The third kappa shape index (κ3) is 9.70. The van der Waals surface area contributed by atoms with E-state index in [2.05, 4.69) is 5.32 Å². The van der Waals surface area contributed by atoms with Gasteiger partial charge < -0.3 is 24.3 Å². The Hall–Kier alpha value is -2.10. The molecule has 0 fully saturated rings. The SMILES string of the molecule is O=CCCOCCOCCOCCNC(=O)CCN1C(=O)C=CC1=O. The number of rotatable bonds is 15. The number of carbonyl (C=O) groups is 4. The van der Waals surface area contributed by atoms with E-state index in [-0.39, 0.29) is 18.9 Å². The average molecular weight is 356 g/mol. The number of amides is 3. The maximum atomic E-state index is 11.6. The molecule has 1 rings (SSSR count). The number of carbonyl (C=O) groups excluding carboxylic acids is 4. The van der Waals surface area contributed by atoms with Crippen molar-refractivity contribution in [3.63, 3.8) is 0 Å². The van der Waals surface area contributed by atoms with E-state index in [9.17, 15) is 19.2 Å². The minimum atomic E-state index is -0.393. The number of hydrogen-bond donors (Lipinski definition) is 1. The minimum absolute atomic E-state index is 0.0619. The Bertz CT molecular complexity index is 461. The molecule has 0 saturated carbocycles. The van der Waals surface area contributed by atoms with Crippen LogP contribution in [-0.4, -0.2) is 81.6 Å². The zero-order valence-electron chi connectivity index (χ0n) is 14.1. The molecule has 0 bridgehead atoms. The minimum Gasteiger partial charge on any atom is -0.379 e. The largest absolute Gasteiger partial charge is 0.379 e. The highest BCUT2D eigenvalue weighted by molar-refractivity contribution is 6.13. The van der Waals surface area contributed by atoms with Gasteiger partial charge in [-0.1, -0.05) is 0 Å². The zero-order chi connectivity index (χ0) is 18.3. The average Bonchev–Trinajstić information content (AvgIpc) is 2.92. The lowest BCUT2D eigenvalue weighted by atomic mass is 10.3. The second-order valence-electron chi connectivity index (χ2n) is 5.05. The molecule has 0 aromatic heterocycles. The first-order valence-electron chi connectivity index (χ1n) is 8.12. The van der Waals surface area contributed by atoms with E-state index in [4.69, 9.17) is 14.2 Å². The van der Waals surface area contributed by atoms with Gasteiger partial charge in [-0.05, 0) is 0 Å². The highest BCUT2D eigenvalue weighted by Gasteiger charge is 2.23. The van der Waals surface area contributed by atoms with Crippen LogP contribution in [0, 0.1) is 0 Å². The molecule has 0 saturated heterocycles. The van der Waals surface area contributed by atoms with Crippen LogP contribution in [0.1, 0.15) is 12.8 Å². The van der Waals surface area contributed by atoms with Gasteiger partial charge in [0.1, 0.15) is 6.29 Å². The van der Waals surface area contributed by atoms with E-state index in [0.29, 0.717) is 52.6 Å². The van der Waals surface area contributed by atoms with Crippen LogP contribution in [0.25, 0.3) is 0 Å². The Balaban J connectivity index is 1.86. The Labute approximate surface area is 146 Å². The van der Waals surface area contributed by atoms with Crippen LogP contribution >= 0.6 is 0 Å². The summed E-state index contributed by atoms with van der Waals surface area (Å²) in [4.78, 5) is 45.3. The van der Waals surface area contributed by atoms with E-state index in [0.717, 1.165) is 11.2 Å². The fourth-order valence-electron chi connectivity index (χ4n) is 1.89. The number of hydrogen-bond acceptors (Lipinski definition) is 7. The second-order valence-corrected chi connectivity index (χ2v) is 5.05. The normalized spacial score (nSPS) is 13.5. The van der Waals surface area contributed by atoms with E-state index in [1.54, 1.807) is 0 Å². The van der Waals surface area contributed by atoms with E-state index in [1.807, 2.05) is 0 Å². The highest BCUT2D eigenvalue weighted by Crippen LogP contribution is 2.03. The lowest BCUT2D eigenvalue weighted by Gasteiger charge is -2.13. The molecule has 1 aliphatic heterocycles. The maximum absolute atomic E-state index is 11.6. The summed E-state index contributed by atoms with van der Waals surface area (Å²) < 4.78 is 15.7. The molecule has 0 aromatic carbocycles. The molecule has 0 aliphatic carbocycles. The molecule has 0 unspecified atom stereocenters. The molecule has 25 heavy (non-hydrogen) atoms. The number of nitrogens with zero attached hydrogens (tertiary/aromatic N) is 1. The van der Waals surface area contributed by atoms with Crippen molar-refractivity contribution in [2.45, 2.75) is 12.8 Å². The molecule has 1 N–H and O–H groups in total.